The summed E-state index contributed by atoms with van der Waals surface area (Å²) in [5.41, 5.74) is -3.09. The van der Waals surface area contributed by atoms with E-state index in [9.17, 15) is 40.7 Å². The number of rotatable bonds is 8. The molecule has 4 heterocycles. The number of carbonyl (C=O) groups is 1. The van der Waals surface area contributed by atoms with Crippen LogP contribution in [-0.2, 0) is 35.9 Å². The molecule has 3 atom stereocenters. The number of nitrogens with zero attached hydrogens (tertiary/aromatic N) is 5. The summed E-state index contributed by atoms with van der Waals surface area (Å²) in [5, 5.41) is 3.81. The highest BCUT2D eigenvalue weighted by Crippen LogP contribution is 2.43. The first-order valence-corrected chi connectivity index (χ1v) is 14.7. The molecule has 3 aliphatic rings. The van der Waals surface area contributed by atoms with E-state index >= 15 is 0 Å². The van der Waals surface area contributed by atoms with E-state index in [4.69, 9.17) is 9.57 Å². The maximum atomic E-state index is 14.2. The van der Waals surface area contributed by atoms with Gasteiger partial charge in [-0.2, -0.15) is 26.3 Å². The number of likely N-dealkylation sites (tertiary alicyclic amines) is 1. The van der Waals surface area contributed by atoms with Crippen molar-refractivity contribution >= 4 is 17.5 Å². The Hall–Kier alpha value is -4.51. The largest absolute Gasteiger partial charge is 0.493 e. The Balaban J connectivity index is 1.49. The lowest BCUT2D eigenvalue weighted by Crippen LogP contribution is -2.58. The zero-order chi connectivity index (χ0) is 33.7. The molecule has 0 saturated carbocycles. The molecule has 2 aromatic carbocycles. The topological polar surface area (TPSA) is 101 Å². The van der Waals surface area contributed by atoms with Gasteiger partial charge in [-0.3, -0.25) is 18.8 Å². The van der Waals surface area contributed by atoms with Crippen molar-refractivity contribution in [1.82, 2.24) is 19.4 Å². The Bertz CT molecular complexity index is 1760. The molecule has 3 aromatic rings. The lowest BCUT2D eigenvalue weighted by atomic mass is 10.1. The molecule has 1 N–H and O–H groups in total. The molecular formula is C30H30F6N6O5. The van der Waals surface area contributed by atoms with Crippen molar-refractivity contribution in [2.45, 2.75) is 44.2 Å². The molecule has 0 bridgehead atoms. The number of hydrogen-bond donors (Lipinski definition) is 1. The Labute approximate surface area is 263 Å². The molecule has 17 heteroatoms. The molecule has 47 heavy (non-hydrogen) atoms. The van der Waals surface area contributed by atoms with E-state index in [2.05, 4.69) is 5.32 Å². The van der Waals surface area contributed by atoms with Crippen molar-refractivity contribution in [2.75, 3.05) is 36.2 Å². The number of aromatic nitrogens is 2. The molecule has 0 aliphatic carbocycles. The third-order valence-electron chi connectivity index (χ3n) is 8.61. The molecule has 2 saturated heterocycles. The second-order valence-corrected chi connectivity index (χ2v) is 11.5. The average Bonchev–Trinajstić information content (AvgIpc) is 3.72. The predicted molar refractivity (Wildman–Crippen MR) is 155 cm³/mol. The third-order valence-corrected chi connectivity index (χ3v) is 8.61. The van der Waals surface area contributed by atoms with Gasteiger partial charge in [-0.05, 0) is 48.7 Å². The van der Waals surface area contributed by atoms with Crippen LogP contribution in [0.2, 0.25) is 0 Å². The second-order valence-electron chi connectivity index (χ2n) is 11.5. The fourth-order valence-corrected chi connectivity index (χ4v) is 6.48. The van der Waals surface area contributed by atoms with Gasteiger partial charge in [0.2, 0.25) is 0 Å². The number of hydrogen-bond acceptors (Lipinski definition) is 9. The van der Waals surface area contributed by atoms with Crippen LogP contribution in [0, 0.1) is 5.92 Å². The molecule has 2 fully saturated rings. The lowest BCUT2D eigenvalue weighted by Gasteiger charge is -2.39. The van der Waals surface area contributed by atoms with Gasteiger partial charge in [-0.15, -0.1) is 5.06 Å². The lowest BCUT2D eigenvalue weighted by molar-refractivity contribution is -0.203. The van der Waals surface area contributed by atoms with Crippen molar-refractivity contribution in [3.8, 4) is 5.75 Å². The number of carbonyl (C=O) groups excluding carboxylic acids is 1. The predicted octanol–water partition coefficient (Wildman–Crippen LogP) is 3.07. The minimum absolute atomic E-state index is 0.0740. The van der Waals surface area contributed by atoms with E-state index in [1.165, 1.54) is 24.1 Å². The zero-order valence-electron chi connectivity index (χ0n) is 24.9. The number of hydroxylamine groups is 1. The van der Waals surface area contributed by atoms with E-state index in [1.807, 2.05) is 0 Å². The smallest absolute Gasteiger partial charge is 0.492 e. The van der Waals surface area contributed by atoms with E-state index in [1.54, 1.807) is 35.2 Å². The molecule has 0 spiro atoms. The Kier molecular flexibility index (Phi) is 8.46. The summed E-state index contributed by atoms with van der Waals surface area (Å²) in [5.74, 6) is -2.50. The van der Waals surface area contributed by atoms with Crippen LogP contribution in [0.25, 0.3) is 0 Å². The Morgan fingerprint density at radius 3 is 2.45 bits per heavy atom. The van der Waals surface area contributed by atoms with Crippen LogP contribution < -0.4 is 31.3 Å². The highest BCUT2D eigenvalue weighted by atomic mass is 19.4. The van der Waals surface area contributed by atoms with Gasteiger partial charge in [0.1, 0.15) is 12.4 Å². The summed E-state index contributed by atoms with van der Waals surface area (Å²) in [7, 11) is 1.21. The minimum Gasteiger partial charge on any atom is -0.492 e. The Morgan fingerprint density at radius 2 is 1.74 bits per heavy atom. The van der Waals surface area contributed by atoms with E-state index < -0.39 is 53.8 Å². The van der Waals surface area contributed by atoms with Gasteiger partial charge in [0, 0.05) is 32.7 Å². The fraction of sp³-hybridized carbons (Fsp3) is 0.433. The SMILES string of the molecule is Cn1c2c(c(=O)n(CCOc3ccccc3)c1=O)N(Cc1cccc(C(F)(F)F)c1)C(N1CCC3CNCC31)N2OC(=O)C(F)(F)F. The number of ether oxygens (including phenoxy) is 1. The van der Waals surface area contributed by atoms with Crippen LogP contribution in [0.1, 0.15) is 17.5 Å². The first-order valence-electron chi connectivity index (χ1n) is 14.7. The standard InChI is InChI=1S/C30H30F6N6O5/c1-38-24-23(25(43)40(28(38)45)12-13-46-21-8-3-2-4-9-21)41(17-18-6-5-7-20(14-18)29(31,32)33)27(42(24)47-26(44)30(34,35)36)39-11-10-19-15-37-16-22(19)39/h2-9,14,19,22,27,37H,10-13,15-17H2,1H3. The summed E-state index contributed by atoms with van der Waals surface area (Å²) in [6.45, 7) is 0.540. The van der Waals surface area contributed by atoms with Crippen molar-refractivity contribution in [1.29, 1.82) is 0 Å². The summed E-state index contributed by atoms with van der Waals surface area (Å²) in [4.78, 5) is 48.0. The number of para-hydroxylation sites is 1. The first-order chi connectivity index (χ1) is 22.3. The summed E-state index contributed by atoms with van der Waals surface area (Å²) >= 11 is 0. The van der Waals surface area contributed by atoms with Gasteiger partial charge in [0.15, 0.2) is 17.8 Å². The number of alkyl halides is 6. The number of benzene rings is 2. The highest BCUT2D eigenvalue weighted by molar-refractivity contribution is 5.80. The van der Waals surface area contributed by atoms with Gasteiger partial charge in [-0.1, -0.05) is 30.3 Å². The normalized spacial score (nSPS) is 21.2. The summed E-state index contributed by atoms with van der Waals surface area (Å²) in [6, 6.07) is 12.6. The monoisotopic (exact) mass is 668 g/mol. The summed E-state index contributed by atoms with van der Waals surface area (Å²) < 4.78 is 89.2. The van der Waals surface area contributed by atoms with E-state index in [0.29, 0.717) is 36.9 Å². The minimum atomic E-state index is -5.44. The maximum Gasteiger partial charge on any atom is 0.493 e. The molecule has 11 nitrogen and oxygen atoms in total. The first kappa shape index (κ1) is 32.4. The van der Waals surface area contributed by atoms with E-state index in [-0.39, 0.29) is 36.4 Å². The molecule has 0 amide bonds. The van der Waals surface area contributed by atoms with Crippen molar-refractivity contribution in [3.05, 3.63) is 86.6 Å². The van der Waals surface area contributed by atoms with Gasteiger partial charge in [0.05, 0.1) is 12.1 Å². The van der Waals surface area contributed by atoms with Gasteiger partial charge < -0.3 is 19.8 Å². The molecule has 3 unspecified atom stereocenters. The Morgan fingerprint density at radius 1 is 1.00 bits per heavy atom. The van der Waals surface area contributed by atoms with Crippen molar-refractivity contribution in [3.63, 3.8) is 0 Å². The van der Waals surface area contributed by atoms with Gasteiger partial charge >= 0.3 is 24.0 Å². The fourth-order valence-electron chi connectivity index (χ4n) is 6.48. The molecule has 0 radical (unpaired) electrons. The number of fused-ring (bicyclic) bond motifs is 2. The number of nitrogens with one attached hydrogen (secondary N) is 1. The van der Waals surface area contributed by atoms with Gasteiger partial charge in [-0.25, -0.2) is 9.59 Å². The number of halogens is 6. The van der Waals surface area contributed by atoms with Crippen LogP contribution in [0.5, 0.6) is 5.75 Å². The average molecular weight is 669 g/mol. The van der Waals surface area contributed by atoms with Crippen LogP contribution in [0.3, 0.4) is 0 Å². The molecule has 252 valence electrons. The maximum absolute atomic E-state index is 14.2. The molecule has 6 rings (SSSR count). The van der Waals surface area contributed by atoms with Crippen LogP contribution in [0.15, 0.2) is 64.2 Å². The van der Waals surface area contributed by atoms with E-state index in [0.717, 1.165) is 21.3 Å². The third kappa shape index (κ3) is 6.16. The molecule has 1 aromatic heterocycles. The molecule has 3 aliphatic heterocycles. The van der Waals surface area contributed by atoms with Crippen LogP contribution in [0.4, 0.5) is 37.8 Å². The highest BCUT2D eigenvalue weighted by Gasteiger charge is 2.54. The van der Waals surface area contributed by atoms with Crippen molar-refractivity contribution < 1.29 is 40.7 Å². The zero-order valence-corrected chi connectivity index (χ0v) is 24.9. The van der Waals surface area contributed by atoms with Crippen molar-refractivity contribution in [2.24, 2.45) is 13.0 Å². The van der Waals surface area contributed by atoms with Crippen LogP contribution in [-0.4, -0.2) is 64.8 Å². The quantitative estimate of drug-likeness (QED) is 0.363. The summed E-state index contributed by atoms with van der Waals surface area (Å²) in [6.07, 6.45) is -10.9. The van der Waals surface area contributed by atoms with Crippen LogP contribution >= 0.6 is 0 Å². The molecular weight excluding hydrogens is 638 g/mol. The number of anilines is 2. The van der Waals surface area contributed by atoms with Gasteiger partial charge in [0.25, 0.3) is 5.56 Å². The second kappa shape index (κ2) is 12.3.